The number of para-hydroxylation sites is 2. The predicted molar refractivity (Wildman–Crippen MR) is 135 cm³/mol. The van der Waals surface area contributed by atoms with Gasteiger partial charge in [0.05, 0.1) is 11.2 Å². The van der Waals surface area contributed by atoms with Crippen LogP contribution in [0.1, 0.15) is 36.6 Å². The smallest absolute Gasteiger partial charge is 0.344 e. The Morgan fingerprint density at radius 3 is 2.50 bits per heavy atom. The van der Waals surface area contributed by atoms with E-state index < -0.39 is 12.1 Å². The molecule has 0 bridgehead atoms. The lowest BCUT2D eigenvalue weighted by Gasteiger charge is -2.16. The summed E-state index contributed by atoms with van der Waals surface area (Å²) in [6, 6.07) is 27.3. The van der Waals surface area contributed by atoms with E-state index >= 15 is 0 Å². The lowest BCUT2D eigenvalue weighted by Crippen LogP contribution is -2.26. The Morgan fingerprint density at radius 2 is 1.71 bits per heavy atom. The van der Waals surface area contributed by atoms with Crippen molar-refractivity contribution in [2.75, 3.05) is 0 Å². The number of carboxylic acids is 1. The lowest BCUT2D eigenvalue weighted by atomic mass is 10.1. The van der Waals surface area contributed by atoms with Gasteiger partial charge in [0.1, 0.15) is 18.1 Å². The summed E-state index contributed by atoms with van der Waals surface area (Å²) in [4.78, 5) is 16.1. The molecule has 4 aromatic rings. The molecular formula is C29H27NO4. The zero-order valence-electron chi connectivity index (χ0n) is 19.1. The average Bonchev–Trinajstić information content (AvgIpc) is 2.87. The Balaban J connectivity index is 1.39. The highest BCUT2D eigenvalue weighted by atomic mass is 16.5. The number of carbonyl (C=O) groups is 1. The van der Waals surface area contributed by atoms with Crippen molar-refractivity contribution in [3.8, 4) is 11.5 Å². The van der Waals surface area contributed by atoms with Crippen molar-refractivity contribution in [3.05, 3.63) is 102 Å². The highest BCUT2D eigenvalue weighted by Crippen LogP contribution is 2.24. The average molecular weight is 454 g/mol. The SMILES string of the molecule is CCCC(Oc1ccccc1C=Cc1ccc(OCc2ccc3ccccc3n2)cc1)C(=O)O. The van der Waals surface area contributed by atoms with Gasteiger partial charge in [-0.1, -0.05) is 80.1 Å². The van der Waals surface area contributed by atoms with Gasteiger partial charge < -0.3 is 14.6 Å². The van der Waals surface area contributed by atoms with Crippen LogP contribution in [0.3, 0.4) is 0 Å². The number of fused-ring (bicyclic) bond motifs is 1. The first-order valence-corrected chi connectivity index (χ1v) is 11.4. The molecule has 1 heterocycles. The molecule has 5 nitrogen and oxygen atoms in total. The van der Waals surface area contributed by atoms with Gasteiger partial charge in [0, 0.05) is 10.9 Å². The second-order valence-corrected chi connectivity index (χ2v) is 7.96. The van der Waals surface area contributed by atoms with Gasteiger partial charge in [-0.2, -0.15) is 0 Å². The summed E-state index contributed by atoms with van der Waals surface area (Å²) < 4.78 is 11.7. The molecule has 5 heteroatoms. The molecule has 0 saturated heterocycles. The molecule has 172 valence electrons. The summed E-state index contributed by atoms with van der Waals surface area (Å²) in [5.41, 5.74) is 3.65. The van der Waals surface area contributed by atoms with E-state index in [1.165, 1.54) is 0 Å². The summed E-state index contributed by atoms with van der Waals surface area (Å²) in [5, 5.41) is 10.5. The summed E-state index contributed by atoms with van der Waals surface area (Å²) in [6.07, 6.45) is 4.24. The highest BCUT2D eigenvalue weighted by Gasteiger charge is 2.19. The fraction of sp³-hybridized carbons (Fsp3) is 0.172. The van der Waals surface area contributed by atoms with Crippen LogP contribution in [0.4, 0.5) is 0 Å². The maximum Gasteiger partial charge on any atom is 0.344 e. The predicted octanol–water partition coefficient (Wildman–Crippen LogP) is 6.62. The number of benzene rings is 3. The van der Waals surface area contributed by atoms with E-state index in [-0.39, 0.29) is 0 Å². The summed E-state index contributed by atoms with van der Waals surface area (Å²) >= 11 is 0. The molecule has 0 aliphatic carbocycles. The van der Waals surface area contributed by atoms with E-state index in [1.807, 2.05) is 91.9 Å². The van der Waals surface area contributed by atoms with Gasteiger partial charge >= 0.3 is 5.97 Å². The zero-order chi connectivity index (χ0) is 23.8. The van der Waals surface area contributed by atoms with E-state index in [9.17, 15) is 9.90 Å². The molecular weight excluding hydrogens is 426 g/mol. The van der Waals surface area contributed by atoms with Crippen LogP contribution in [0.25, 0.3) is 23.1 Å². The molecule has 0 fully saturated rings. The van der Waals surface area contributed by atoms with Crippen molar-refractivity contribution in [2.45, 2.75) is 32.5 Å². The molecule has 34 heavy (non-hydrogen) atoms. The third-order valence-corrected chi connectivity index (χ3v) is 5.39. The molecule has 1 unspecified atom stereocenters. The Kier molecular flexibility index (Phi) is 7.56. The van der Waals surface area contributed by atoms with Gasteiger partial charge in [0.15, 0.2) is 6.10 Å². The Hall–Kier alpha value is -4.12. The molecule has 0 saturated carbocycles. The fourth-order valence-electron chi connectivity index (χ4n) is 3.58. The topological polar surface area (TPSA) is 68.7 Å². The normalized spacial score (nSPS) is 12.0. The second kappa shape index (κ2) is 11.1. The van der Waals surface area contributed by atoms with Crippen LogP contribution < -0.4 is 9.47 Å². The minimum atomic E-state index is -0.949. The number of pyridine rings is 1. The van der Waals surface area contributed by atoms with E-state index in [2.05, 4.69) is 11.1 Å². The first-order valence-electron chi connectivity index (χ1n) is 11.4. The van der Waals surface area contributed by atoms with Gasteiger partial charge in [-0.25, -0.2) is 9.78 Å². The number of aromatic nitrogens is 1. The van der Waals surface area contributed by atoms with Crippen LogP contribution in [0, 0.1) is 0 Å². The first kappa shape index (κ1) is 23.1. The maximum absolute atomic E-state index is 11.5. The minimum absolute atomic E-state index is 0.396. The fourth-order valence-corrected chi connectivity index (χ4v) is 3.58. The molecule has 3 aromatic carbocycles. The van der Waals surface area contributed by atoms with Crippen molar-refractivity contribution in [3.63, 3.8) is 0 Å². The Bertz CT molecular complexity index is 1280. The second-order valence-electron chi connectivity index (χ2n) is 7.96. The van der Waals surface area contributed by atoms with Crippen LogP contribution in [-0.4, -0.2) is 22.2 Å². The third-order valence-electron chi connectivity index (χ3n) is 5.39. The van der Waals surface area contributed by atoms with Crippen molar-refractivity contribution in [2.24, 2.45) is 0 Å². The first-order chi connectivity index (χ1) is 16.6. The van der Waals surface area contributed by atoms with Crippen LogP contribution in [0.15, 0.2) is 84.9 Å². The van der Waals surface area contributed by atoms with Gasteiger partial charge in [-0.3, -0.25) is 0 Å². The van der Waals surface area contributed by atoms with Crippen molar-refractivity contribution in [1.29, 1.82) is 0 Å². The molecule has 0 aliphatic heterocycles. The number of ether oxygens (including phenoxy) is 2. The van der Waals surface area contributed by atoms with Crippen molar-refractivity contribution >= 4 is 29.0 Å². The maximum atomic E-state index is 11.5. The molecule has 1 atom stereocenters. The van der Waals surface area contributed by atoms with Crippen molar-refractivity contribution < 1.29 is 19.4 Å². The molecule has 0 amide bonds. The van der Waals surface area contributed by atoms with Crippen LogP contribution >= 0.6 is 0 Å². The molecule has 1 aromatic heterocycles. The third kappa shape index (κ3) is 6.01. The van der Waals surface area contributed by atoms with E-state index in [4.69, 9.17) is 9.47 Å². The number of hydrogen-bond donors (Lipinski definition) is 1. The molecule has 4 rings (SSSR count). The number of aliphatic carboxylic acids is 1. The van der Waals surface area contributed by atoms with Crippen molar-refractivity contribution in [1.82, 2.24) is 4.98 Å². The number of rotatable bonds is 10. The van der Waals surface area contributed by atoms with Gasteiger partial charge in [-0.05, 0) is 42.3 Å². The van der Waals surface area contributed by atoms with E-state index in [1.54, 1.807) is 6.07 Å². The number of hydrogen-bond acceptors (Lipinski definition) is 4. The van der Waals surface area contributed by atoms with Gasteiger partial charge in [0.2, 0.25) is 0 Å². The standard InChI is InChI=1S/C29H27NO4/c1-2-7-28(29(31)32)34-27-11-6-4-9-23(27)15-12-21-13-18-25(19-14-21)33-20-24-17-16-22-8-3-5-10-26(22)30-24/h3-6,8-19,28H,2,7,20H2,1H3,(H,31,32). The van der Waals surface area contributed by atoms with Gasteiger partial charge in [-0.15, -0.1) is 0 Å². The van der Waals surface area contributed by atoms with E-state index in [0.717, 1.165) is 39.9 Å². The molecule has 0 radical (unpaired) electrons. The number of nitrogens with zero attached hydrogens (tertiary/aromatic N) is 1. The largest absolute Gasteiger partial charge is 0.487 e. The van der Waals surface area contributed by atoms with Crippen LogP contribution in [0.5, 0.6) is 11.5 Å². The van der Waals surface area contributed by atoms with Crippen LogP contribution in [-0.2, 0) is 11.4 Å². The summed E-state index contributed by atoms with van der Waals surface area (Å²) in [7, 11) is 0. The number of carboxylic acid groups (broad SMARTS) is 1. The quantitative estimate of drug-likeness (QED) is 0.273. The van der Waals surface area contributed by atoms with E-state index in [0.29, 0.717) is 18.8 Å². The van der Waals surface area contributed by atoms with Gasteiger partial charge in [0.25, 0.3) is 0 Å². The summed E-state index contributed by atoms with van der Waals surface area (Å²) in [6.45, 7) is 2.34. The molecule has 0 aliphatic rings. The monoisotopic (exact) mass is 453 g/mol. The zero-order valence-corrected chi connectivity index (χ0v) is 19.1. The lowest BCUT2D eigenvalue weighted by molar-refractivity contribution is -0.145. The van der Waals surface area contributed by atoms with Crippen LogP contribution in [0.2, 0.25) is 0 Å². The Morgan fingerprint density at radius 1 is 0.941 bits per heavy atom. The minimum Gasteiger partial charge on any atom is -0.487 e. The highest BCUT2D eigenvalue weighted by molar-refractivity contribution is 5.78. The molecule has 0 spiro atoms. The Labute approximate surface area is 199 Å². The molecule has 1 N–H and O–H groups in total. The summed E-state index contributed by atoms with van der Waals surface area (Å²) in [5.74, 6) is 0.372.